The molecular weight excluding hydrogens is 368 g/mol. The molecule has 0 aromatic heterocycles. The molecule has 0 saturated carbocycles. The molecule has 3 rings (SSSR count). The average Bonchev–Trinajstić information content (AvgIpc) is 2.53. The quantitative estimate of drug-likeness (QED) is 0.574. The van der Waals surface area contributed by atoms with Crippen LogP contribution in [0, 0.1) is 0 Å². The van der Waals surface area contributed by atoms with Gasteiger partial charge in [-0.1, -0.05) is 6.07 Å². The first kappa shape index (κ1) is 18.1. The molecule has 2 aromatic carbocycles. The van der Waals surface area contributed by atoms with Crippen LogP contribution >= 0.6 is 0 Å². The van der Waals surface area contributed by atoms with Crippen LogP contribution in [-0.4, -0.2) is 41.5 Å². The van der Waals surface area contributed by atoms with Gasteiger partial charge in [-0.2, -0.15) is 8.42 Å². The zero-order chi connectivity index (χ0) is 19.1. The summed E-state index contributed by atoms with van der Waals surface area (Å²) >= 11 is 0. The molecule has 1 aliphatic rings. The van der Waals surface area contributed by atoms with Gasteiger partial charge in [0.15, 0.2) is 11.5 Å². The number of aliphatic hydroxyl groups is 1. The summed E-state index contributed by atoms with van der Waals surface area (Å²) in [6, 6.07) is 6.60. The van der Waals surface area contributed by atoms with E-state index in [1.54, 1.807) is 0 Å². The second-order valence-corrected chi connectivity index (χ2v) is 6.69. The Balaban J connectivity index is 1.99. The average molecular weight is 384 g/mol. The van der Waals surface area contributed by atoms with Crippen molar-refractivity contribution in [2.75, 3.05) is 7.11 Å². The topological polar surface area (TPSA) is 143 Å². The van der Waals surface area contributed by atoms with Crippen LogP contribution in [-0.2, 0) is 16.8 Å². The van der Waals surface area contributed by atoms with Crippen LogP contribution in [0.2, 0.25) is 0 Å². The number of ether oxygens (including phenoxy) is 2. The smallest absolute Gasteiger partial charge is 0.446 e. The molecule has 0 unspecified atom stereocenters. The summed E-state index contributed by atoms with van der Waals surface area (Å²) in [5, 5.41) is 29.8. The fourth-order valence-corrected chi connectivity index (χ4v) is 3.15. The van der Waals surface area contributed by atoms with Crippen molar-refractivity contribution in [1.29, 1.82) is 0 Å². The minimum absolute atomic E-state index is 0.0482. The first-order valence-electron chi connectivity index (χ1n) is 7.42. The maximum Gasteiger partial charge on any atom is 0.446 e. The molecule has 1 heterocycles. The molecule has 10 heteroatoms. The van der Waals surface area contributed by atoms with Gasteiger partial charge in [0.05, 0.1) is 13.2 Å². The highest BCUT2D eigenvalue weighted by Gasteiger charge is 2.32. The molecule has 0 radical (unpaired) electrons. The molecule has 0 fully saturated rings. The Kier molecular flexibility index (Phi) is 4.57. The molecule has 1 aliphatic heterocycles. The third-order valence-corrected chi connectivity index (χ3v) is 4.29. The van der Waals surface area contributed by atoms with Gasteiger partial charge in [-0.3, -0.25) is 4.55 Å². The van der Waals surface area contributed by atoms with E-state index >= 15 is 0 Å². The van der Waals surface area contributed by atoms with Crippen LogP contribution in [0.15, 0.2) is 30.3 Å². The Morgan fingerprint density at radius 1 is 1.15 bits per heavy atom. The minimum atomic E-state index is -4.78. The molecule has 0 saturated heterocycles. The van der Waals surface area contributed by atoms with Crippen molar-refractivity contribution in [3.8, 4) is 28.7 Å². The van der Waals surface area contributed by atoms with Crippen LogP contribution in [0.5, 0.6) is 28.7 Å². The predicted molar refractivity (Wildman–Crippen MR) is 88.0 cm³/mol. The number of hydrogen-bond acceptors (Lipinski definition) is 8. The lowest BCUT2D eigenvalue weighted by Crippen LogP contribution is -2.30. The standard InChI is InChI=1S/C16H16O9S/c1-23-13-3-2-8(4-15(13)25-26(20,21)22)16-12(19)7-10-11(18)5-9(17)6-14(10)24-16/h2-6,12,16-19H,7H2,1H3,(H,20,21,22)/t12-,16-/m1/s1. The predicted octanol–water partition coefficient (Wildman–Crippen LogP) is 1.33. The summed E-state index contributed by atoms with van der Waals surface area (Å²) in [7, 11) is -3.49. The van der Waals surface area contributed by atoms with Crippen molar-refractivity contribution in [3.63, 3.8) is 0 Å². The SMILES string of the molecule is COc1ccc([C@H]2Oc3cc(O)cc(O)c3C[C@H]2O)cc1OS(=O)(=O)O. The highest BCUT2D eigenvalue weighted by Crippen LogP contribution is 2.43. The van der Waals surface area contributed by atoms with Crippen molar-refractivity contribution in [2.45, 2.75) is 18.6 Å². The Labute approximate surface area is 149 Å². The Morgan fingerprint density at radius 3 is 2.54 bits per heavy atom. The minimum Gasteiger partial charge on any atom is -0.508 e. The Morgan fingerprint density at radius 2 is 1.88 bits per heavy atom. The normalized spacial score (nSPS) is 19.3. The maximum atomic E-state index is 11.0. The second kappa shape index (κ2) is 6.56. The number of methoxy groups -OCH3 is 1. The third-order valence-electron chi connectivity index (χ3n) is 3.90. The van der Waals surface area contributed by atoms with E-state index in [1.807, 2.05) is 0 Å². The van der Waals surface area contributed by atoms with Crippen LogP contribution in [0.1, 0.15) is 17.2 Å². The van der Waals surface area contributed by atoms with Crippen LogP contribution in [0.3, 0.4) is 0 Å². The monoisotopic (exact) mass is 384 g/mol. The molecule has 0 bridgehead atoms. The zero-order valence-corrected chi connectivity index (χ0v) is 14.3. The zero-order valence-electron chi connectivity index (χ0n) is 13.5. The maximum absolute atomic E-state index is 11.0. The van der Waals surface area contributed by atoms with Gasteiger partial charge in [-0.25, -0.2) is 0 Å². The van der Waals surface area contributed by atoms with Crippen LogP contribution in [0.4, 0.5) is 0 Å². The lowest BCUT2D eigenvalue weighted by molar-refractivity contribution is 0.0197. The number of benzene rings is 2. The van der Waals surface area contributed by atoms with Gasteiger partial charge in [0.2, 0.25) is 0 Å². The Hall–Kier alpha value is -2.69. The van der Waals surface area contributed by atoms with E-state index < -0.39 is 22.6 Å². The molecule has 0 amide bonds. The van der Waals surface area contributed by atoms with E-state index in [0.717, 1.165) is 6.07 Å². The van der Waals surface area contributed by atoms with Gasteiger partial charge in [0.1, 0.15) is 23.4 Å². The third kappa shape index (κ3) is 3.62. The van der Waals surface area contributed by atoms with Gasteiger partial charge in [-0.05, 0) is 17.7 Å². The van der Waals surface area contributed by atoms with E-state index in [9.17, 15) is 23.7 Å². The number of hydrogen-bond donors (Lipinski definition) is 4. The second-order valence-electron chi connectivity index (χ2n) is 5.67. The lowest BCUT2D eigenvalue weighted by atomic mass is 9.94. The molecule has 0 aliphatic carbocycles. The van der Waals surface area contributed by atoms with Gasteiger partial charge in [0, 0.05) is 24.1 Å². The molecule has 2 atom stereocenters. The van der Waals surface area contributed by atoms with E-state index in [1.165, 1.54) is 31.4 Å². The summed E-state index contributed by atoms with van der Waals surface area (Å²) in [5.41, 5.74) is 0.680. The largest absolute Gasteiger partial charge is 0.508 e. The van der Waals surface area contributed by atoms with Crippen LogP contribution in [0.25, 0.3) is 0 Å². The van der Waals surface area contributed by atoms with E-state index in [4.69, 9.17) is 14.0 Å². The van der Waals surface area contributed by atoms with E-state index in [0.29, 0.717) is 11.1 Å². The summed E-state index contributed by atoms with van der Waals surface area (Å²) in [4.78, 5) is 0. The summed E-state index contributed by atoms with van der Waals surface area (Å²) < 4.78 is 46.0. The van der Waals surface area contributed by atoms with Crippen molar-refractivity contribution >= 4 is 10.4 Å². The van der Waals surface area contributed by atoms with Crippen molar-refractivity contribution in [2.24, 2.45) is 0 Å². The van der Waals surface area contributed by atoms with Gasteiger partial charge < -0.3 is 29.0 Å². The first-order valence-corrected chi connectivity index (χ1v) is 8.79. The van der Waals surface area contributed by atoms with E-state index in [-0.39, 0.29) is 35.2 Å². The molecular formula is C16H16O9S. The Bertz CT molecular complexity index is 939. The van der Waals surface area contributed by atoms with E-state index in [2.05, 4.69) is 4.18 Å². The molecule has 4 N–H and O–H groups in total. The number of aromatic hydroxyl groups is 2. The fourth-order valence-electron chi connectivity index (χ4n) is 2.80. The van der Waals surface area contributed by atoms with Crippen molar-refractivity contribution in [3.05, 3.63) is 41.5 Å². The number of phenols is 2. The van der Waals surface area contributed by atoms with Gasteiger partial charge in [0.25, 0.3) is 0 Å². The number of fused-ring (bicyclic) bond motifs is 1. The molecule has 2 aromatic rings. The van der Waals surface area contributed by atoms with Gasteiger partial charge >= 0.3 is 10.4 Å². The van der Waals surface area contributed by atoms with Crippen molar-refractivity contribution < 1.29 is 41.9 Å². The molecule has 140 valence electrons. The fraction of sp³-hybridized carbons (Fsp3) is 0.250. The van der Waals surface area contributed by atoms with Gasteiger partial charge in [-0.15, -0.1) is 0 Å². The highest BCUT2D eigenvalue weighted by molar-refractivity contribution is 7.81. The first-order chi connectivity index (χ1) is 12.2. The lowest BCUT2D eigenvalue weighted by Gasteiger charge is -2.31. The number of aliphatic hydroxyl groups excluding tert-OH is 1. The summed E-state index contributed by atoms with van der Waals surface area (Å²) in [5.74, 6) is -0.463. The summed E-state index contributed by atoms with van der Waals surface area (Å²) in [6.45, 7) is 0. The molecule has 9 nitrogen and oxygen atoms in total. The van der Waals surface area contributed by atoms with Crippen LogP contribution < -0.4 is 13.7 Å². The highest BCUT2D eigenvalue weighted by atomic mass is 32.3. The molecule has 26 heavy (non-hydrogen) atoms. The van der Waals surface area contributed by atoms with Crippen molar-refractivity contribution in [1.82, 2.24) is 0 Å². The number of phenolic OH excluding ortho intramolecular Hbond substituents is 2. The molecule has 0 spiro atoms. The number of rotatable bonds is 4. The summed E-state index contributed by atoms with van der Waals surface area (Å²) in [6.07, 6.45) is -1.95.